The number of hydrogen-bond donors (Lipinski definition) is 2. The zero-order valence-electron chi connectivity index (χ0n) is 10.8. The van der Waals surface area contributed by atoms with Gasteiger partial charge < -0.3 is 4.98 Å². The number of thiophene rings is 1. The first-order valence-corrected chi connectivity index (χ1v) is 7.61. The number of rotatable bonds is 0. The summed E-state index contributed by atoms with van der Waals surface area (Å²) in [5.74, 6) is 0. The van der Waals surface area contributed by atoms with Gasteiger partial charge in [-0.15, -0.1) is 11.3 Å². The Morgan fingerprint density at radius 1 is 1.10 bits per heavy atom. The first-order chi connectivity index (χ1) is 9.72. The fourth-order valence-electron chi connectivity index (χ4n) is 2.91. The molecule has 0 atom stereocenters. The van der Waals surface area contributed by atoms with Crippen LogP contribution in [-0.2, 0) is 12.8 Å². The molecule has 102 valence electrons. The monoisotopic (exact) mass is 287 g/mol. The van der Waals surface area contributed by atoms with Crippen molar-refractivity contribution in [3.05, 3.63) is 38.2 Å². The summed E-state index contributed by atoms with van der Waals surface area (Å²) in [6.45, 7) is 0. The molecule has 0 spiro atoms. The summed E-state index contributed by atoms with van der Waals surface area (Å²) in [5, 5.41) is 0.897. The summed E-state index contributed by atoms with van der Waals surface area (Å²) >= 11 is 1.35. The van der Waals surface area contributed by atoms with Gasteiger partial charge in [-0.2, -0.15) is 0 Å². The normalized spacial score (nSPS) is 15.4. The summed E-state index contributed by atoms with van der Waals surface area (Å²) in [6, 6.07) is 2.11. The van der Waals surface area contributed by atoms with Crippen molar-refractivity contribution in [2.24, 2.45) is 0 Å². The summed E-state index contributed by atoms with van der Waals surface area (Å²) < 4.78 is 0.548. The van der Waals surface area contributed by atoms with E-state index in [2.05, 4.69) is 16.0 Å². The highest BCUT2D eigenvalue weighted by atomic mass is 32.1. The highest BCUT2D eigenvalue weighted by molar-refractivity contribution is 7.25. The number of aromatic amines is 2. The van der Waals surface area contributed by atoms with Crippen molar-refractivity contribution in [1.29, 1.82) is 0 Å². The number of aromatic nitrogens is 3. The van der Waals surface area contributed by atoms with Gasteiger partial charge in [-0.1, -0.05) is 6.42 Å². The quantitative estimate of drug-likeness (QED) is 0.621. The second kappa shape index (κ2) is 4.28. The zero-order valence-corrected chi connectivity index (χ0v) is 11.6. The molecule has 2 N–H and O–H groups in total. The van der Waals surface area contributed by atoms with E-state index < -0.39 is 5.69 Å². The third-order valence-corrected chi connectivity index (χ3v) is 4.98. The summed E-state index contributed by atoms with van der Waals surface area (Å²) in [6.07, 6.45) is 5.63. The van der Waals surface area contributed by atoms with Crippen LogP contribution < -0.4 is 11.2 Å². The fourth-order valence-corrected chi connectivity index (χ4v) is 3.93. The molecule has 0 amide bonds. The average molecular weight is 287 g/mol. The standard InChI is InChI=1S/C14H13N3O2S/c18-12-11-10(16-14(19)17-12)8-6-7-4-2-1-3-5-9(7)15-13(8)20-11/h6H,1-5H2,(H2,16,17,18,19). The van der Waals surface area contributed by atoms with Gasteiger partial charge in [0.25, 0.3) is 5.56 Å². The van der Waals surface area contributed by atoms with Crippen molar-refractivity contribution in [2.45, 2.75) is 32.1 Å². The lowest BCUT2D eigenvalue weighted by Crippen LogP contribution is -2.20. The molecular formula is C14H13N3O2S. The molecule has 0 aromatic carbocycles. The number of pyridine rings is 1. The number of H-pyrrole nitrogens is 2. The van der Waals surface area contributed by atoms with Crippen LogP contribution in [0.3, 0.4) is 0 Å². The minimum absolute atomic E-state index is 0.332. The minimum atomic E-state index is -0.461. The lowest BCUT2D eigenvalue weighted by molar-refractivity contribution is 0.709. The van der Waals surface area contributed by atoms with Gasteiger partial charge in [0.1, 0.15) is 9.53 Å². The van der Waals surface area contributed by atoms with E-state index in [9.17, 15) is 9.59 Å². The summed E-state index contributed by atoms with van der Waals surface area (Å²) in [5.41, 5.74) is 2.24. The van der Waals surface area contributed by atoms with Gasteiger partial charge in [0.15, 0.2) is 0 Å². The van der Waals surface area contributed by atoms with Crippen molar-refractivity contribution in [3.63, 3.8) is 0 Å². The molecule has 3 heterocycles. The Morgan fingerprint density at radius 3 is 2.85 bits per heavy atom. The largest absolute Gasteiger partial charge is 0.326 e. The van der Waals surface area contributed by atoms with Crippen LogP contribution in [0.5, 0.6) is 0 Å². The first-order valence-electron chi connectivity index (χ1n) is 6.80. The lowest BCUT2D eigenvalue weighted by Gasteiger charge is -2.04. The van der Waals surface area contributed by atoms with E-state index in [4.69, 9.17) is 4.98 Å². The zero-order chi connectivity index (χ0) is 13.7. The van der Waals surface area contributed by atoms with Gasteiger partial charge in [0, 0.05) is 11.1 Å². The molecule has 0 fully saturated rings. The van der Waals surface area contributed by atoms with Crippen LogP contribution in [0.15, 0.2) is 15.7 Å². The highest BCUT2D eigenvalue weighted by Crippen LogP contribution is 2.31. The number of fused-ring (bicyclic) bond motifs is 4. The van der Waals surface area contributed by atoms with Crippen LogP contribution in [0.25, 0.3) is 20.4 Å². The molecule has 0 saturated carbocycles. The molecule has 0 saturated heterocycles. The predicted octanol–water partition coefficient (Wildman–Crippen LogP) is 2.09. The topological polar surface area (TPSA) is 78.6 Å². The lowest BCUT2D eigenvalue weighted by atomic mass is 10.1. The second-order valence-electron chi connectivity index (χ2n) is 5.22. The Morgan fingerprint density at radius 2 is 1.95 bits per heavy atom. The molecule has 1 aliphatic carbocycles. The SMILES string of the molecule is O=c1[nH]c(=O)c2sc3nc4c(cc3c2[nH]1)CCCCC4. The highest BCUT2D eigenvalue weighted by Gasteiger charge is 2.15. The number of hydrogen-bond acceptors (Lipinski definition) is 4. The van der Waals surface area contributed by atoms with E-state index in [1.807, 2.05) is 0 Å². The van der Waals surface area contributed by atoms with E-state index >= 15 is 0 Å². The Bertz CT molecular complexity index is 935. The summed E-state index contributed by atoms with van der Waals surface area (Å²) in [7, 11) is 0. The molecule has 0 bridgehead atoms. The minimum Gasteiger partial charge on any atom is -0.305 e. The van der Waals surface area contributed by atoms with Crippen molar-refractivity contribution in [3.8, 4) is 0 Å². The summed E-state index contributed by atoms with van der Waals surface area (Å²) in [4.78, 5) is 33.9. The van der Waals surface area contributed by atoms with Crippen LogP contribution in [-0.4, -0.2) is 15.0 Å². The Hall–Kier alpha value is -1.95. The van der Waals surface area contributed by atoms with E-state index in [1.54, 1.807) is 0 Å². The van der Waals surface area contributed by atoms with Crippen molar-refractivity contribution in [2.75, 3.05) is 0 Å². The van der Waals surface area contributed by atoms with Gasteiger partial charge in [-0.25, -0.2) is 9.78 Å². The molecule has 3 aromatic rings. The van der Waals surface area contributed by atoms with Crippen molar-refractivity contribution >= 4 is 31.8 Å². The van der Waals surface area contributed by atoms with Crippen LogP contribution in [0.1, 0.15) is 30.5 Å². The van der Waals surface area contributed by atoms with Crippen molar-refractivity contribution in [1.82, 2.24) is 15.0 Å². The van der Waals surface area contributed by atoms with E-state index in [0.717, 1.165) is 28.8 Å². The third-order valence-electron chi connectivity index (χ3n) is 3.88. The van der Waals surface area contributed by atoms with Crippen LogP contribution >= 0.6 is 11.3 Å². The molecule has 0 radical (unpaired) electrons. The van der Waals surface area contributed by atoms with Crippen LogP contribution in [0, 0.1) is 0 Å². The molecular weight excluding hydrogens is 274 g/mol. The second-order valence-corrected chi connectivity index (χ2v) is 6.22. The number of nitrogens with one attached hydrogen (secondary N) is 2. The van der Waals surface area contributed by atoms with Crippen molar-refractivity contribution < 1.29 is 0 Å². The first kappa shape index (κ1) is 11.8. The van der Waals surface area contributed by atoms with E-state index in [-0.39, 0.29) is 5.56 Å². The van der Waals surface area contributed by atoms with Gasteiger partial charge in [-0.05, 0) is 37.3 Å². The Balaban J connectivity index is 2.12. The average Bonchev–Trinajstić information content (AvgIpc) is 2.62. The fraction of sp³-hybridized carbons (Fsp3) is 0.357. The molecule has 0 unspecified atom stereocenters. The Kier molecular flexibility index (Phi) is 2.53. The Labute approximate surface area is 117 Å². The predicted molar refractivity (Wildman–Crippen MR) is 79.6 cm³/mol. The maximum atomic E-state index is 11.9. The number of aryl methyl sites for hydroxylation is 2. The molecule has 1 aliphatic rings. The molecule has 0 aliphatic heterocycles. The van der Waals surface area contributed by atoms with Crippen LogP contribution in [0.4, 0.5) is 0 Å². The smallest absolute Gasteiger partial charge is 0.305 e. The van der Waals surface area contributed by atoms with Gasteiger partial charge in [0.2, 0.25) is 0 Å². The van der Waals surface area contributed by atoms with Crippen LogP contribution in [0.2, 0.25) is 0 Å². The molecule has 20 heavy (non-hydrogen) atoms. The molecule has 3 aromatic heterocycles. The van der Waals surface area contributed by atoms with Gasteiger partial charge >= 0.3 is 5.69 Å². The third kappa shape index (κ3) is 1.71. The number of nitrogens with zero attached hydrogens (tertiary/aromatic N) is 1. The van der Waals surface area contributed by atoms with E-state index in [1.165, 1.54) is 36.2 Å². The molecule has 6 heteroatoms. The van der Waals surface area contributed by atoms with E-state index in [0.29, 0.717) is 10.2 Å². The van der Waals surface area contributed by atoms with Gasteiger partial charge in [0.05, 0.1) is 5.52 Å². The maximum Gasteiger partial charge on any atom is 0.326 e. The maximum absolute atomic E-state index is 11.9. The molecule has 4 rings (SSSR count). The van der Waals surface area contributed by atoms with Gasteiger partial charge in [-0.3, -0.25) is 9.78 Å². The molecule has 5 nitrogen and oxygen atoms in total.